The fourth-order valence-corrected chi connectivity index (χ4v) is 1.99. The van der Waals surface area contributed by atoms with Gasteiger partial charge in [0.05, 0.1) is 6.10 Å². The highest BCUT2D eigenvalue weighted by Crippen LogP contribution is 2.22. The van der Waals surface area contributed by atoms with Gasteiger partial charge in [-0.2, -0.15) is 0 Å². The minimum Gasteiger partial charge on any atom is -0.388 e. The van der Waals surface area contributed by atoms with Crippen LogP contribution in [0.4, 0.5) is 0 Å². The van der Waals surface area contributed by atoms with Gasteiger partial charge in [-0.25, -0.2) is 9.97 Å². The minimum atomic E-state index is -0.378. The van der Waals surface area contributed by atoms with E-state index in [0.717, 1.165) is 41.8 Å². The van der Waals surface area contributed by atoms with Crippen LogP contribution in [0.25, 0.3) is 11.1 Å². The maximum absolute atomic E-state index is 9.76. The van der Waals surface area contributed by atoms with Crippen molar-refractivity contribution >= 4 is 0 Å². The molecule has 1 aromatic heterocycles. The molecule has 0 saturated carbocycles. The van der Waals surface area contributed by atoms with E-state index in [0.29, 0.717) is 0 Å². The lowest BCUT2D eigenvalue weighted by atomic mass is 10.0. The predicted molar refractivity (Wildman–Crippen MR) is 76.7 cm³/mol. The lowest BCUT2D eigenvalue weighted by molar-refractivity contribution is 0.173. The van der Waals surface area contributed by atoms with Crippen molar-refractivity contribution in [2.45, 2.75) is 39.2 Å². The van der Waals surface area contributed by atoms with Gasteiger partial charge in [0.25, 0.3) is 0 Å². The SMILES string of the molecule is CCCc1ncc(-c2ccc(C(O)CC)cc2)cn1. The zero-order valence-corrected chi connectivity index (χ0v) is 11.5. The number of hydrogen-bond acceptors (Lipinski definition) is 3. The van der Waals surface area contributed by atoms with Gasteiger partial charge in [0.1, 0.15) is 5.82 Å². The van der Waals surface area contributed by atoms with E-state index in [1.165, 1.54) is 0 Å². The van der Waals surface area contributed by atoms with Crippen LogP contribution in [0, 0.1) is 0 Å². The smallest absolute Gasteiger partial charge is 0.128 e. The Kier molecular flexibility index (Phi) is 4.63. The summed E-state index contributed by atoms with van der Waals surface area (Å²) in [6.07, 6.45) is 6.06. The Morgan fingerprint density at radius 1 is 1.00 bits per heavy atom. The summed E-state index contributed by atoms with van der Waals surface area (Å²) in [6.45, 7) is 4.09. The summed E-state index contributed by atoms with van der Waals surface area (Å²) in [5, 5.41) is 9.76. The highest BCUT2D eigenvalue weighted by Gasteiger charge is 2.05. The third-order valence-corrected chi connectivity index (χ3v) is 3.19. The van der Waals surface area contributed by atoms with Crippen LogP contribution in [0.1, 0.15) is 44.2 Å². The Morgan fingerprint density at radius 2 is 1.63 bits per heavy atom. The average Bonchev–Trinajstić information content (AvgIpc) is 2.48. The second-order valence-corrected chi connectivity index (χ2v) is 4.68. The molecule has 3 nitrogen and oxygen atoms in total. The monoisotopic (exact) mass is 256 g/mol. The molecule has 100 valence electrons. The molecule has 0 radical (unpaired) electrons. The molecule has 19 heavy (non-hydrogen) atoms. The molecule has 1 atom stereocenters. The molecular formula is C16H20N2O. The number of nitrogens with zero attached hydrogens (tertiary/aromatic N) is 2. The summed E-state index contributed by atoms with van der Waals surface area (Å²) in [4.78, 5) is 8.72. The molecule has 0 bridgehead atoms. The molecule has 0 aliphatic rings. The number of aromatic nitrogens is 2. The lowest BCUT2D eigenvalue weighted by Crippen LogP contribution is -1.96. The standard InChI is InChI=1S/C16H20N2O/c1-3-5-16-17-10-14(11-18-16)12-6-8-13(9-7-12)15(19)4-2/h6-11,15,19H,3-5H2,1-2H3. The number of benzene rings is 1. The first kappa shape index (κ1) is 13.7. The van der Waals surface area contributed by atoms with E-state index in [1.54, 1.807) is 0 Å². The maximum Gasteiger partial charge on any atom is 0.128 e. The number of hydrogen-bond donors (Lipinski definition) is 1. The second-order valence-electron chi connectivity index (χ2n) is 4.68. The summed E-state index contributed by atoms with van der Waals surface area (Å²) in [7, 11) is 0. The van der Waals surface area contributed by atoms with Crippen molar-refractivity contribution in [2.75, 3.05) is 0 Å². The Morgan fingerprint density at radius 3 is 2.16 bits per heavy atom. The van der Waals surface area contributed by atoms with Gasteiger partial charge in [-0.15, -0.1) is 0 Å². The fourth-order valence-electron chi connectivity index (χ4n) is 1.99. The zero-order valence-electron chi connectivity index (χ0n) is 11.5. The molecule has 0 fully saturated rings. The van der Waals surface area contributed by atoms with E-state index < -0.39 is 0 Å². The second kappa shape index (κ2) is 6.43. The molecule has 1 heterocycles. The summed E-state index contributed by atoms with van der Waals surface area (Å²) in [5.74, 6) is 0.893. The van der Waals surface area contributed by atoms with Gasteiger partial charge >= 0.3 is 0 Å². The van der Waals surface area contributed by atoms with Crippen LogP contribution in [0.5, 0.6) is 0 Å². The lowest BCUT2D eigenvalue weighted by Gasteiger charge is -2.09. The minimum absolute atomic E-state index is 0.378. The molecule has 0 aliphatic carbocycles. The summed E-state index contributed by atoms with van der Waals surface area (Å²) in [5.41, 5.74) is 3.04. The largest absolute Gasteiger partial charge is 0.388 e. The van der Waals surface area contributed by atoms with E-state index in [9.17, 15) is 5.11 Å². The first-order valence-corrected chi connectivity index (χ1v) is 6.84. The summed E-state index contributed by atoms with van der Waals surface area (Å²) >= 11 is 0. The van der Waals surface area contributed by atoms with Crippen LogP contribution in [0.3, 0.4) is 0 Å². The number of rotatable bonds is 5. The van der Waals surface area contributed by atoms with Crippen molar-refractivity contribution in [1.29, 1.82) is 0 Å². The van der Waals surface area contributed by atoms with Crippen LogP contribution in [-0.4, -0.2) is 15.1 Å². The molecule has 0 amide bonds. The molecule has 3 heteroatoms. The number of aliphatic hydroxyl groups excluding tert-OH is 1. The van der Waals surface area contributed by atoms with E-state index in [1.807, 2.05) is 43.6 Å². The van der Waals surface area contributed by atoms with Crippen molar-refractivity contribution < 1.29 is 5.11 Å². The quantitative estimate of drug-likeness (QED) is 0.890. The van der Waals surface area contributed by atoms with Gasteiger partial charge in [0.15, 0.2) is 0 Å². The zero-order chi connectivity index (χ0) is 13.7. The predicted octanol–water partition coefficient (Wildman–Crippen LogP) is 3.54. The molecule has 1 unspecified atom stereocenters. The molecule has 0 saturated heterocycles. The van der Waals surface area contributed by atoms with Gasteiger partial charge in [-0.05, 0) is 24.0 Å². The van der Waals surface area contributed by atoms with Gasteiger partial charge in [0.2, 0.25) is 0 Å². The third-order valence-electron chi connectivity index (χ3n) is 3.19. The van der Waals surface area contributed by atoms with Gasteiger partial charge < -0.3 is 5.11 Å². The van der Waals surface area contributed by atoms with Crippen molar-refractivity contribution in [3.05, 3.63) is 48.0 Å². The maximum atomic E-state index is 9.76. The first-order valence-electron chi connectivity index (χ1n) is 6.84. The van der Waals surface area contributed by atoms with Crippen molar-refractivity contribution in [2.24, 2.45) is 0 Å². The number of aryl methyl sites for hydroxylation is 1. The Bertz CT molecular complexity index is 505. The third kappa shape index (κ3) is 3.38. The highest BCUT2D eigenvalue weighted by atomic mass is 16.3. The average molecular weight is 256 g/mol. The topological polar surface area (TPSA) is 46.0 Å². The fraction of sp³-hybridized carbons (Fsp3) is 0.375. The Hall–Kier alpha value is -1.74. The summed E-state index contributed by atoms with van der Waals surface area (Å²) < 4.78 is 0. The molecule has 2 aromatic rings. The van der Waals surface area contributed by atoms with Crippen LogP contribution < -0.4 is 0 Å². The number of aliphatic hydroxyl groups is 1. The highest BCUT2D eigenvalue weighted by molar-refractivity contribution is 5.61. The molecule has 0 aliphatic heterocycles. The van der Waals surface area contributed by atoms with Gasteiger partial charge in [-0.3, -0.25) is 0 Å². The molecule has 2 rings (SSSR count). The van der Waals surface area contributed by atoms with Crippen LogP contribution in [-0.2, 0) is 6.42 Å². The van der Waals surface area contributed by atoms with Gasteiger partial charge in [0, 0.05) is 24.4 Å². The van der Waals surface area contributed by atoms with E-state index >= 15 is 0 Å². The van der Waals surface area contributed by atoms with E-state index in [2.05, 4.69) is 16.9 Å². The Labute approximate surface area is 114 Å². The van der Waals surface area contributed by atoms with Crippen LogP contribution in [0.2, 0.25) is 0 Å². The molecule has 0 spiro atoms. The van der Waals surface area contributed by atoms with E-state index in [4.69, 9.17) is 0 Å². The van der Waals surface area contributed by atoms with Crippen molar-refractivity contribution in [3.8, 4) is 11.1 Å². The van der Waals surface area contributed by atoms with Crippen LogP contribution >= 0.6 is 0 Å². The van der Waals surface area contributed by atoms with Gasteiger partial charge in [-0.1, -0.05) is 38.1 Å². The van der Waals surface area contributed by atoms with Crippen molar-refractivity contribution in [1.82, 2.24) is 9.97 Å². The summed E-state index contributed by atoms with van der Waals surface area (Å²) in [6, 6.07) is 7.94. The first-order chi connectivity index (χ1) is 9.24. The molecular weight excluding hydrogens is 236 g/mol. The Balaban J connectivity index is 2.17. The van der Waals surface area contributed by atoms with Crippen molar-refractivity contribution in [3.63, 3.8) is 0 Å². The normalized spacial score (nSPS) is 12.4. The van der Waals surface area contributed by atoms with Crippen LogP contribution in [0.15, 0.2) is 36.7 Å². The molecule has 1 N–H and O–H groups in total. The molecule has 1 aromatic carbocycles. The van der Waals surface area contributed by atoms with E-state index in [-0.39, 0.29) is 6.10 Å².